The Morgan fingerprint density at radius 2 is 1.69 bits per heavy atom. The minimum atomic E-state index is -3.46. The van der Waals surface area contributed by atoms with Gasteiger partial charge in [-0.25, -0.2) is 8.42 Å². The molecule has 0 aliphatic carbocycles. The molecule has 0 aliphatic rings. The van der Waals surface area contributed by atoms with E-state index in [1.165, 1.54) is 4.31 Å². The highest BCUT2D eigenvalue weighted by molar-refractivity contribution is 7.89. The Kier molecular flexibility index (Phi) is 6.52. The molecule has 2 aromatic carbocycles. The fraction of sp³-hybridized carbons (Fsp3) is 0.316. The van der Waals surface area contributed by atoms with E-state index < -0.39 is 15.9 Å². The molecule has 0 radical (unpaired) electrons. The van der Waals surface area contributed by atoms with Gasteiger partial charge in [-0.15, -0.1) is 0 Å². The summed E-state index contributed by atoms with van der Waals surface area (Å²) in [6, 6.07) is 13.9. The van der Waals surface area contributed by atoms with Crippen molar-refractivity contribution in [3.05, 3.63) is 65.2 Å². The topological polar surface area (TPSA) is 92.5 Å². The van der Waals surface area contributed by atoms with E-state index in [9.17, 15) is 13.2 Å². The number of nitrogens with one attached hydrogen (secondary N) is 1. The third-order valence-electron chi connectivity index (χ3n) is 4.20. The van der Waals surface area contributed by atoms with Crippen molar-refractivity contribution >= 4 is 15.9 Å². The molecule has 0 heterocycles. The average molecular weight is 375 g/mol. The maximum atomic E-state index is 12.4. The van der Waals surface area contributed by atoms with Crippen LogP contribution in [0.4, 0.5) is 0 Å². The third kappa shape index (κ3) is 4.91. The number of primary amides is 1. The van der Waals surface area contributed by atoms with E-state index >= 15 is 0 Å². The Hall–Kier alpha value is -2.22. The predicted octanol–water partition coefficient (Wildman–Crippen LogP) is 2.10. The molecule has 6 nitrogen and oxygen atoms in total. The van der Waals surface area contributed by atoms with Crippen LogP contribution < -0.4 is 11.1 Å². The SMILES string of the molecule is CC(C)N(C)S(=O)(=O)c1ccc(CNCc2cccc(C(N)=O)c2)cc1. The minimum absolute atomic E-state index is 0.0995. The van der Waals surface area contributed by atoms with Crippen molar-refractivity contribution in [2.24, 2.45) is 5.73 Å². The number of hydrogen-bond donors (Lipinski definition) is 2. The first-order valence-electron chi connectivity index (χ1n) is 8.38. The maximum absolute atomic E-state index is 12.4. The van der Waals surface area contributed by atoms with Gasteiger partial charge in [0.15, 0.2) is 0 Å². The van der Waals surface area contributed by atoms with Gasteiger partial charge in [0.25, 0.3) is 0 Å². The first-order chi connectivity index (χ1) is 12.2. The van der Waals surface area contributed by atoms with Crippen molar-refractivity contribution in [3.8, 4) is 0 Å². The van der Waals surface area contributed by atoms with Crippen LogP contribution in [0.2, 0.25) is 0 Å². The molecule has 7 heteroatoms. The van der Waals surface area contributed by atoms with Crippen LogP contribution in [0.25, 0.3) is 0 Å². The molecule has 1 amide bonds. The summed E-state index contributed by atoms with van der Waals surface area (Å²) in [7, 11) is -1.88. The standard InChI is InChI=1S/C19H25N3O3S/c1-14(2)22(3)26(24,25)18-9-7-15(8-10-18)12-21-13-16-5-4-6-17(11-16)19(20)23/h4-11,14,21H,12-13H2,1-3H3,(H2,20,23). The molecule has 26 heavy (non-hydrogen) atoms. The second kappa shape index (κ2) is 8.44. The van der Waals surface area contributed by atoms with Gasteiger partial charge < -0.3 is 11.1 Å². The molecule has 0 unspecified atom stereocenters. The average Bonchev–Trinajstić information content (AvgIpc) is 2.61. The minimum Gasteiger partial charge on any atom is -0.366 e. The number of sulfonamides is 1. The van der Waals surface area contributed by atoms with E-state index in [1.807, 2.05) is 19.9 Å². The number of nitrogens with zero attached hydrogens (tertiary/aromatic N) is 1. The van der Waals surface area contributed by atoms with Crippen molar-refractivity contribution in [1.82, 2.24) is 9.62 Å². The first kappa shape index (κ1) is 20.1. The molecule has 0 aromatic heterocycles. The Labute approximate surface area is 155 Å². The smallest absolute Gasteiger partial charge is 0.248 e. The molecule has 0 aliphatic heterocycles. The quantitative estimate of drug-likeness (QED) is 0.739. The number of carbonyl (C=O) groups excluding carboxylic acids is 1. The van der Waals surface area contributed by atoms with Crippen LogP contribution >= 0.6 is 0 Å². The lowest BCUT2D eigenvalue weighted by Crippen LogP contribution is -2.33. The number of amides is 1. The monoisotopic (exact) mass is 375 g/mol. The molecule has 2 aromatic rings. The summed E-state index contributed by atoms with van der Waals surface area (Å²) in [4.78, 5) is 11.5. The van der Waals surface area contributed by atoms with Crippen LogP contribution in [0.3, 0.4) is 0 Å². The zero-order valence-electron chi connectivity index (χ0n) is 15.3. The van der Waals surface area contributed by atoms with Gasteiger partial charge in [-0.2, -0.15) is 4.31 Å². The highest BCUT2D eigenvalue weighted by atomic mass is 32.2. The Balaban J connectivity index is 1.98. The largest absolute Gasteiger partial charge is 0.366 e. The predicted molar refractivity (Wildman–Crippen MR) is 102 cm³/mol. The number of hydrogen-bond acceptors (Lipinski definition) is 4. The molecular formula is C19H25N3O3S. The van der Waals surface area contributed by atoms with Gasteiger partial charge in [-0.05, 0) is 49.2 Å². The first-order valence-corrected chi connectivity index (χ1v) is 9.82. The van der Waals surface area contributed by atoms with Crippen LogP contribution in [0.1, 0.15) is 35.3 Å². The Morgan fingerprint density at radius 3 is 2.27 bits per heavy atom. The Bertz CT molecular complexity index is 862. The van der Waals surface area contributed by atoms with Crippen LogP contribution in [0.5, 0.6) is 0 Å². The summed E-state index contributed by atoms with van der Waals surface area (Å²) in [6.07, 6.45) is 0. The zero-order valence-corrected chi connectivity index (χ0v) is 16.1. The van der Waals surface area contributed by atoms with Gasteiger partial charge in [0, 0.05) is 31.7 Å². The van der Waals surface area contributed by atoms with Gasteiger partial charge in [-0.3, -0.25) is 4.79 Å². The highest BCUT2D eigenvalue weighted by Gasteiger charge is 2.22. The molecule has 0 fully saturated rings. The van der Waals surface area contributed by atoms with Gasteiger partial charge >= 0.3 is 0 Å². The molecule has 0 bridgehead atoms. The number of carbonyl (C=O) groups is 1. The van der Waals surface area contributed by atoms with Gasteiger partial charge in [-0.1, -0.05) is 24.3 Å². The number of rotatable bonds is 8. The number of benzene rings is 2. The third-order valence-corrected chi connectivity index (χ3v) is 6.25. The van der Waals surface area contributed by atoms with Gasteiger partial charge in [0.05, 0.1) is 4.90 Å². The number of nitrogens with two attached hydrogens (primary N) is 1. The summed E-state index contributed by atoms with van der Waals surface area (Å²) in [5.74, 6) is -0.449. The molecule has 0 spiro atoms. The Morgan fingerprint density at radius 1 is 1.08 bits per heavy atom. The van der Waals surface area contributed by atoms with Crippen LogP contribution in [-0.2, 0) is 23.1 Å². The fourth-order valence-electron chi connectivity index (χ4n) is 2.41. The van der Waals surface area contributed by atoms with Crippen LogP contribution in [0, 0.1) is 0 Å². The lowest BCUT2D eigenvalue weighted by atomic mass is 10.1. The van der Waals surface area contributed by atoms with Crippen molar-refractivity contribution in [3.63, 3.8) is 0 Å². The van der Waals surface area contributed by atoms with Crippen molar-refractivity contribution in [2.75, 3.05) is 7.05 Å². The normalized spacial score (nSPS) is 11.9. The lowest BCUT2D eigenvalue weighted by molar-refractivity contribution is 0.1000. The summed E-state index contributed by atoms with van der Waals surface area (Å²) < 4.78 is 26.2. The summed E-state index contributed by atoms with van der Waals surface area (Å²) in [5.41, 5.74) is 7.69. The van der Waals surface area contributed by atoms with E-state index in [2.05, 4.69) is 5.32 Å². The second-order valence-corrected chi connectivity index (χ2v) is 8.42. The van der Waals surface area contributed by atoms with E-state index in [0.29, 0.717) is 18.7 Å². The van der Waals surface area contributed by atoms with E-state index in [1.54, 1.807) is 49.5 Å². The van der Waals surface area contributed by atoms with E-state index in [4.69, 9.17) is 5.73 Å². The molecule has 0 atom stereocenters. The van der Waals surface area contributed by atoms with Crippen molar-refractivity contribution in [1.29, 1.82) is 0 Å². The maximum Gasteiger partial charge on any atom is 0.248 e. The molecular weight excluding hydrogens is 350 g/mol. The molecule has 0 saturated heterocycles. The summed E-state index contributed by atoms with van der Waals surface area (Å²) in [6.45, 7) is 4.84. The summed E-state index contributed by atoms with van der Waals surface area (Å²) in [5, 5.41) is 3.27. The van der Waals surface area contributed by atoms with Crippen molar-refractivity contribution < 1.29 is 13.2 Å². The van der Waals surface area contributed by atoms with Gasteiger partial charge in [0.1, 0.15) is 0 Å². The zero-order chi connectivity index (χ0) is 19.3. The lowest BCUT2D eigenvalue weighted by Gasteiger charge is -2.21. The fourth-order valence-corrected chi connectivity index (χ4v) is 3.78. The molecule has 140 valence electrons. The van der Waals surface area contributed by atoms with Gasteiger partial charge in [0.2, 0.25) is 15.9 Å². The molecule has 0 saturated carbocycles. The second-order valence-electron chi connectivity index (χ2n) is 6.43. The highest BCUT2D eigenvalue weighted by Crippen LogP contribution is 2.17. The molecule has 2 rings (SSSR count). The van der Waals surface area contributed by atoms with Crippen LogP contribution in [0.15, 0.2) is 53.4 Å². The molecule has 3 N–H and O–H groups in total. The van der Waals surface area contributed by atoms with E-state index in [0.717, 1.165) is 11.1 Å². The van der Waals surface area contributed by atoms with Crippen LogP contribution in [-0.4, -0.2) is 31.7 Å². The summed E-state index contributed by atoms with van der Waals surface area (Å²) >= 11 is 0. The van der Waals surface area contributed by atoms with E-state index in [-0.39, 0.29) is 10.9 Å². The van der Waals surface area contributed by atoms with Crippen molar-refractivity contribution in [2.45, 2.75) is 37.9 Å².